The smallest absolute Gasteiger partial charge is 0.122 e. The van der Waals surface area contributed by atoms with Crippen LogP contribution >= 0.6 is 0 Å². The van der Waals surface area contributed by atoms with Crippen molar-refractivity contribution in [1.29, 1.82) is 0 Å². The highest BCUT2D eigenvalue weighted by Gasteiger charge is 2.21. The molecule has 0 bridgehead atoms. The SMILES string of the molecule is CCC(CNC1CC1)Cc1cc(C)ccc1OC. The molecule has 1 aromatic rings. The second-order valence-corrected chi connectivity index (χ2v) is 5.48. The molecule has 0 aliphatic heterocycles. The Labute approximate surface area is 111 Å². The van der Waals surface area contributed by atoms with E-state index in [0.29, 0.717) is 5.92 Å². The Balaban J connectivity index is 1.97. The third-order valence-electron chi connectivity index (χ3n) is 3.79. The number of methoxy groups -OCH3 is 1. The second-order valence-electron chi connectivity index (χ2n) is 5.48. The minimum atomic E-state index is 0.710. The zero-order valence-corrected chi connectivity index (χ0v) is 11.8. The Kier molecular flexibility index (Phi) is 4.65. The number of aryl methyl sites for hydroxylation is 1. The molecule has 1 aliphatic carbocycles. The van der Waals surface area contributed by atoms with E-state index in [1.807, 2.05) is 0 Å². The highest BCUT2D eigenvalue weighted by Crippen LogP contribution is 2.25. The molecule has 100 valence electrons. The normalized spacial score (nSPS) is 16.6. The van der Waals surface area contributed by atoms with Gasteiger partial charge >= 0.3 is 0 Å². The molecule has 2 rings (SSSR count). The zero-order chi connectivity index (χ0) is 13.0. The summed E-state index contributed by atoms with van der Waals surface area (Å²) >= 11 is 0. The zero-order valence-electron chi connectivity index (χ0n) is 11.8. The highest BCUT2D eigenvalue weighted by atomic mass is 16.5. The summed E-state index contributed by atoms with van der Waals surface area (Å²) in [6.45, 7) is 5.56. The van der Waals surface area contributed by atoms with E-state index in [0.717, 1.165) is 24.8 Å². The Hall–Kier alpha value is -1.02. The quantitative estimate of drug-likeness (QED) is 0.798. The summed E-state index contributed by atoms with van der Waals surface area (Å²) in [5.41, 5.74) is 2.66. The van der Waals surface area contributed by atoms with Gasteiger partial charge < -0.3 is 10.1 Å². The Bertz CT molecular complexity index is 385. The van der Waals surface area contributed by atoms with E-state index in [2.05, 4.69) is 37.4 Å². The lowest BCUT2D eigenvalue weighted by molar-refractivity contribution is 0.398. The first-order valence-electron chi connectivity index (χ1n) is 7.09. The lowest BCUT2D eigenvalue weighted by Gasteiger charge is -2.18. The summed E-state index contributed by atoms with van der Waals surface area (Å²) < 4.78 is 5.46. The predicted octanol–water partition coefficient (Wildman–Crippen LogP) is 3.32. The van der Waals surface area contributed by atoms with Crippen LogP contribution in [0.25, 0.3) is 0 Å². The molecule has 1 aromatic carbocycles. The third-order valence-corrected chi connectivity index (χ3v) is 3.79. The summed E-state index contributed by atoms with van der Waals surface area (Å²) in [6, 6.07) is 7.27. The van der Waals surface area contributed by atoms with Gasteiger partial charge in [0.25, 0.3) is 0 Å². The molecule has 1 aliphatic rings. The Morgan fingerprint density at radius 3 is 2.78 bits per heavy atom. The fourth-order valence-electron chi connectivity index (χ4n) is 2.36. The number of ether oxygens (including phenoxy) is 1. The highest BCUT2D eigenvalue weighted by molar-refractivity contribution is 5.37. The van der Waals surface area contributed by atoms with E-state index in [4.69, 9.17) is 4.74 Å². The monoisotopic (exact) mass is 247 g/mol. The molecular weight excluding hydrogens is 222 g/mol. The van der Waals surface area contributed by atoms with E-state index in [1.165, 1.54) is 30.4 Å². The maximum atomic E-state index is 5.46. The van der Waals surface area contributed by atoms with Crippen LogP contribution in [-0.2, 0) is 6.42 Å². The average molecular weight is 247 g/mol. The molecule has 1 saturated carbocycles. The minimum absolute atomic E-state index is 0.710. The predicted molar refractivity (Wildman–Crippen MR) is 76.2 cm³/mol. The van der Waals surface area contributed by atoms with E-state index < -0.39 is 0 Å². The van der Waals surface area contributed by atoms with Crippen molar-refractivity contribution in [3.63, 3.8) is 0 Å². The molecule has 0 amide bonds. The van der Waals surface area contributed by atoms with Gasteiger partial charge in [-0.05, 0) is 50.3 Å². The van der Waals surface area contributed by atoms with Gasteiger partial charge in [-0.3, -0.25) is 0 Å². The topological polar surface area (TPSA) is 21.3 Å². The van der Waals surface area contributed by atoms with Gasteiger partial charge in [-0.1, -0.05) is 31.0 Å². The molecule has 1 unspecified atom stereocenters. The van der Waals surface area contributed by atoms with Crippen molar-refractivity contribution in [2.45, 2.75) is 45.6 Å². The first kappa shape index (κ1) is 13.4. The first-order valence-corrected chi connectivity index (χ1v) is 7.09. The molecule has 0 aromatic heterocycles. The van der Waals surface area contributed by atoms with Crippen molar-refractivity contribution >= 4 is 0 Å². The van der Waals surface area contributed by atoms with Gasteiger partial charge in [0, 0.05) is 6.04 Å². The van der Waals surface area contributed by atoms with Crippen molar-refractivity contribution in [3.05, 3.63) is 29.3 Å². The van der Waals surface area contributed by atoms with Crippen molar-refractivity contribution < 1.29 is 4.74 Å². The third kappa shape index (κ3) is 3.74. The van der Waals surface area contributed by atoms with Crippen molar-refractivity contribution in [1.82, 2.24) is 5.32 Å². The number of hydrogen-bond donors (Lipinski definition) is 1. The lowest BCUT2D eigenvalue weighted by atomic mass is 9.95. The number of rotatable bonds is 7. The van der Waals surface area contributed by atoms with Crippen LogP contribution in [0.3, 0.4) is 0 Å². The molecule has 2 nitrogen and oxygen atoms in total. The Morgan fingerprint density at radius 1 is 1.39 bits per heavy atom. The molecule has 0 heterocycles. The van der Waals surface area contributed by atoms with E-state index in [9.17, 15) is 0 Å². The minimum Gasteiger partial charge on any atom is -0.496 e. The van der Waals surface area contributed by atoms with Crippen LogP contribution in [0.2, 0.25) is 0 Å². The molecule has 0 radical (unpaired) electrons. The van der Waals surface area contributed by atoms with Crippen LogP contribution in [0, 0.1) is 12.8 Å². The van der Waals surface area contributed by atoms with Crippen LogP contribution < -0.4 is 10.1 Å². The van der Waals surface area contributed by atoms with Gasteiger partial charge in [0.1, 0.15) is 5.75 Å². The summed E-state index contributed by atoms with van der Waals surface area (Å²) in [4.78, 5) is 0. The van der Waals surface area contributed by atoms with Gasteiger partial charge in [-0.25, -0.2) is 0 Å². The fourth-order valence-corrected chi connectivity index (χ4v) is 2.36. The second kappa shape index (κ2) is 6.24. The van der Waals surface area contributed by atoms with E-state index in [-0.39, 0.29) is 0 Å². The van der Waals surface area contributed by atoms with E-state index in [1.54, 1.807) is 7.11 Å². The number of hydrogen-bond acceptors (Lipinski definition) is 2. The van der Waals surface area contributed by atoms with Crippen LogP contribution in [0.5, 0.6) is 5.75 Å². The van der Waals surface area contributed by atoms with Crippen LogP contribution in [0.15, 0.2) is 18.2 Å². The van der Waals surface area contributed by atoms with Crippen molar-refractivity contribution in [3.8, 4) is 5.75 Å². The number of benzene rings is 1. The maximum absolute atomic E-state index is 5.46. The molecule has 0 saturated heterocycles. The molecule has 2 heteroatoms. The van der Waals surface area contributed by atoms with Gasteiger partial charge in [-0.2, -0.15) is 0 Å². The standard InChI is InChI=1S/C16H25NO/c1-4-13(11-17-15-6-7-15)10-14-9-12(2)5-8-16(14)18-3/h5,8-9,13,15,17H,4,6-7,10-11H2,1-3H3. The molecule has 1 atom stereocenters. The van der Waals surface area contributed by atoms with Gasteiger partial charge in [0.05, 0.1) is 7.11 Å². The van der Waals surface area contributed by atoms with Gasteiger partial charge in [-0.15, -0.1) is 0 Å². The summed E-state index contributed by atoms with van der Waals surface area (Å²) in [6.07, 6.45) is 5.06. The average Bonchev–Trinajstić information content (AvgIpc) is 3.18. The van der Waals surface area contributed by atoms with Crippen LogP contribution in [-0.4, -0.2) is 19.7 Å². The van der Waals surface area contributed by atoms with Gasteiger partial charge in [0.15, 0.2) is 0 Å². The molecule has 18 heavy (non-hydrogen) atoms. The maximum Gasteiger partial charge on any atom is 0.122 e. The fraction of sp³-hybridized carbons (Fsp3) is 0.625. The van der Waals surface area contributed by atoms with Crippen LogP contribution in [0.1, 0.15) is 37.3 Å². The summed E-state index contributed by atoms with van der Waals surface area (Å²) in [5.74, 6) is 1.74. The van der Waals surface area contributed by atoms with Gasteiger partial charge in [0.2, 0.25) is 0 Å². The number of nitrogens with one attached hydrogen (secondary N) is 1. The van der Waals surface area contributed by atoms with Crippen molar-refractivity contribution in [2.75, 3.05) is 13.7 Å². The largest absolute Gasteiger partial charge is 0.496 e. The molecular formula is C16H25NO. The first-order chi connectivity index (χ1) is 8.72. The molecule has 1 N–H and O–H groups in total. The molecule has 0 spiro atoms. The summed E-state index contributed by atoms with van der Waals surface area (Å²) in [7, 11) is 1.76. The van der Waals surface area contributed by atoms with Crippen LogP contribution in [0.4, 0.5) is 0 Å². The van der Waals surface area contributed by atoms with E-state index >= 15 is 0 Å². The summed E-state index contributed by atoms with van der Waals surface area (Å²) in [5, 5.41) is 3.64. The van der Waals surface area contributed by atoms with Crippen molar-refractivity contribution in [2.24, 2.45) is 5.92 Å². The molecule has 1 fully saturated rings. The Morgan fingerprint density at radius 2 is 2.17 bits per heavy atom. The lowest BCUT2D eigenvalue weighted by Crippen LogP contribution is -2.25.